The van der Waals surface area contributed by atoms with E-state index in [0.29, 0.717) is 13.2 Å². The molecule has 0 bridgehead atoms. The van der Waals surface area contributed by atoms with E-state index in [1.807, 2.05) is 30.3 Å². The quantitative estimate of drug-likeness (QED) is 0.427. The van der Waals surface area contributed by atoms with Gasteiger partial charge < -0.3 is 19.5 Å². The van der Waals surface area contributed by atoms with Crippen LogP contribution in [-0.4, -0.2) is 26.3 Å². The molecule has 0 spiro atoms. The topological polar surface area (TPSA) is 39.7 Å². The van der Waals surface area contributed by atoms with Gasteiger partial charge in [-0.25, -0.2) is 0 Å². The van der Waals surface area contributed by atoms with Crippen LogP contribution in [0.3, 0.4) is 0 Å². The van der Waals surface area contributed by atoms with E-state index in [1.165, 1.54) is 5.56 Å². The fourth-order valence-electron chi connectivity index (χ4n) is 4.55. The summed E-state index contributed by atoms with van der Waals surface area (Å²) in [6, 6.07) is 22.9. The molecule has 3 aromatic rings. The average Bonchev–Trinajstić information content (AvgIpc) is 2.84. The van der Waals surface area contributed by atoms with Gasteiger partial charge in [-0.1, -0.05) is 42.5 Å². The van der Waals surface area contributed by atoms with E-state index < -0.39 is 5.60 Å². The Labute approximate surface area is 202 Å². The molecule has 1 N–H and O–H groups in total. The lowest BCUT2D eigenvalue weighted by Crippen LogP contribution is -2.54. The van der Waals surface area contributed by atoms with Crippen molar-refractivity contribution in [3.05, 3.63) is 94.5 Å². The molecule has 2 unspecified atom stereocenters. The van der Waals surface area contributed by atoms with Crippen LogP contribution in [0.15, 0.2) is 71.6 Å². The summed E-state index contributed by atoms with van der Waals surface area (Å²) in [6.07, 6.45) is 0.694. The van der Waals surface area contributed by atoms with Gasteiger partial charge in [0.2, 0.25) is 0 Å². The van der Waals surface area contributed by atoms with E-state index in [9.17, 15) is 0 Å². The molecule has 174 valence electrons. The highest BCUT2D eigenvalue weighted by Gasteiger charge is 2.44. The lowest BCUT2D eigenvalue weighted by atomic mass is 9.82. The van der Waals surface area contributed by atoms with Crippen molar-refractivity contribution in [2.75, 3.05) is 20.2 Å². The van der Waals surface area contributed by atoms with Gasteiger partial charge >= 0.3 is 0 Å². The molecule has 3 aromatic carbocycles. The first kappa shape index (κ1) is 23.8. The maximum Gasteiger partial charge on any atom is 0.122 e. The molecular weight excluding hydrogens is 430 g/mol. The highest BCUT2D eigenvalue weighted by Crippen LogP contribution is 2.39. The maximum atomic E-state index is 6.76. The standard InChI is InChI=1S/C28H33NO3S/c1-20-16-26(30-3)21(2)15-23(20)19-31-27-17-29-14-13-28(27,24-9-11-25(33)12-10-24)32-18-22-7-5-4-6-8-22/h4-12,15-16,27,29,33H,13-14,17-19H2,1-3H3. The summed E-state index contributed by atoms with van der Waals surface area (Å²) in [5.74, 6) is 0.906. The molecule has 0 saturated carbocycles. The van der Waals surface area contributed by atoms with Crippen molar-refractivity contribution in [1.82, 2.24) is 5.32 Å². The van der Waals surface area contributed by atoms with E-state index in [1.54, 1.807) is 7.11 Å². The average molecular weight is 464 g/mol. The van der Waals surface area contributed by atoms with Gasteiger partial charge in [-0.3, -0.25) is 0 Å². The van der Waals surface area contributed by atoms with Crippen LogP contribution < -0.4 is 10.1 Å². The number of piperidine rings is 1. The van der Waals surface area contributed by atoms with Crippen LogP contribution >= 0.6 is 12.6 Å². The van der Waals surface area contributed by atoms with Crippen LogP contribution in [0.25, 0.3) is 0 Å². The second-order valence-corrected chi connectivity index (χ2v) is 9.23. The first-order valence-corrected chi connectivity index (χ1v) is 11.9. The molecule has 5 heteroatoms. The smallest absolute Gasteiger partial charge is 0.122 e. The maximum absolute atomic E-state index is 6.76. The molecule has 0 aromatic heterocycles. The first-order valence-electron chi connectivity index (χ1n) is 11.5. The zero-order chi connectivity index (χ0) is 23.3. The van der Waals surface area contributed by atoms with Crippen LogP contribution in [0.2, 0.25) is 0 Å². The second kappa shape index (κ2) is 10.7. The van der Waals surface area contributed by atoms with Gasteiger partial charge in [0.15, 0.2) is 0 Å². The number of aryl methyl sites for hydroxylation is 2. The summed E-state index contributed by atoms with van der Waals surface area (Å²) in [5, 5.41) is 3.51. The van der Waals surface area contributed by atoms with Crippen molar-refractivity contribution in [2.45, 2.75) is 50.1 Å². The Morgan fingerprint density at radius 1 is 0.970 bits per heavy atom. The zero-order valence-electron chi connectivity index (χ0n) is 19.6. The summed E-state index contributed by atoms with van der Waals surface area (Å²) >= 11 is 4.49. The fourth-order valence-corrected chi connectivity index (χ4v) is 4.70. The summed E-state index contributed by atoms with van der Waals surface area (Å²) in [6.45, 7) is 6.82. The Hall–Kier alpha value is -2.31. The van der Waals surface area contributed by atoms with Crippen molar-refractivity contribution < 1.29 is 14.2 Å². The summed E-state index contributed by atoms with van der Waals surface area (Å²) in [5.41, 5.74) is 5.18. The van der Waals surface area contributed by atoms with Gasteiger partial charge in [-0.05, 0) is 78.9 Å². The molecule has 33 heavy (non-hydrogen) atoms. The summed E-state index contributed by atoms with van der Waals surface area (Å²) in [7, 11) is 1.71. The minimum Gasteiger partial charge on any atom is -0.496 e. The highest BCUT2D eigenvalue weighted by atomic mass is 32.1. The number of hydrogen-bond acceptors (Lipinski definition) is 5. The third kappa shape index (κ3) is 5.44. The van der Waals surface area contributed by atoms with Crippen LogP contribution in [0, 0.1) is 13.8 Å². The normalized spacial score (nSPS) is 20.5. The predicted octanol–water partition coefficient (Wildman–Crippen LogP) is 5.59. The fraction of sp³-hybridized carbons (Fsp3) is 0.357. The van der Waals surface area contributed by atoms with Gasteiger partial charge in [0.1, 0.15) is 17.5 Å². The number of benzene rings is 3. The Balaban J connectivity index is 1.62. The van der Waals surface area contributed by atoms with Crippen molar-refractivity contribution in [3.63, 3.8) is 0 Å². The number of nitrogens with one attached hydrogen (secondary N) is 1. The highest BCUT2D eigenvalue weighted by molar-refractivity contribution is 7.80. The number of methoxy groups -OCH3 is 1. The van der Waals surface area contributed by atoms with E-state index in [0.717, 1.165) is 52.4 Å². The van der Waals surface area contributed by atoms with Crippen LogP contribution in [-0.2, 0) is 28.3 Å². The largest absolute Gasteiger partial charge is 0.496 e. The third-order valence-electron chi connectivity index (χ3n) is 6.51. The lowest BCUT2D eigenvalue weighted by molar-refractivity contribution is -0.176. The van der Waals surface area contributed by atoms with Crippen LogP contribution in [0.1, 0.15) is 34.2 Å². The van der Waals surface area contributed by atoms with Gasteiger partial charge in [-0.15, -0.1) is 12.6 Å². The summed E-state index contributed by atoms with van der Waals surface area (Å²) < 4.78 is 18.9. The van der Waals surface area contributed by atoms with Crippen molar-refractivity contribution in [1.29, 1.82) is 0 Å². The molecule has 0 radical (unpaired) electrons. The van der Waals surface area contributed by atoms with E-state index in [4.69, 9.17) is 14.2 Å². The Morgan fingerprint density at radius 3 is 2.45 bits per heavy atom. The number of rotatable bonds is 8. The number of hydrogen-bond donors (Lipinski definition) is 2. The molecule has 1 aliphatic rings. The molecule has 0 amide bonds. The minimum absolute atomic E-state index is 0.137. The summed E-state index contributed by atoms with van der Waals surface area (Å²) in [4.78, 5) is 0.938. The number of thiol groups is 1. The molecule has 1 heterocycles. The molecule has 0 aliphatic carbocycles. The van der Waals surface area contributed by atoms with Crippen molar-refractivity contribution in [3.8, 4) is 5.75 Å². The molecule has 4 nitrogen and oxygen atoms in total. The third-order valence-corrected chi connectivity index (χ3v) is 6.81. The van der Waals surface area contributed by atoms with E-state index in [2.05, 4.69) is 68.2 Å². The first-order chi connectivity index (χ1) is 16.0. The molecular formula is C28H33NO3S. The van der Waals surface area contributed by atoms with Crippen molar-refractivity contribution in [2.24, 2.45) is 0 Å². The molecule has 4 rings (SSSR count). The number of ether oxygens (including phenoxy) is 3. The minimum atomic E-state index is -0.544. The SMILES string of the molecule is COc1cc(C)c(COC2CNCCC2(OCc2ccccc2)c2ccc(S)cc2)cc1C. The van der Waals surface area contributed by atoms with Crippen LogP contribution in [0.4, 0.5) is 0 Å². The van der Waals surface area contributed by atoms with Crippen molar-refractivity contribution >= 4 is 12.6 Å². The predicted molar refractivity (Wildman–Crippen MR) is 135 cm³/mol. The van der Waals surface area contributed by atoms with Gasteiger partial charge in [0, 0.05) is 11.4 Å². The van der Waals surface area contributed by atoms with E-state index >= 15 is 0 Å². The Bertz CT molecular complexity index is 1050. The molecule has 2 atom stereocenters. The molecule has 1 aliphatic heterocycles. The Kier molecular flexibility index (Phi) is 7.76. The van der Waals surface area contributed by atoms with Gasteiger partial charge in [0.25, 0.3) is 0 Å². The lowest BCUT2D eigenvalue weighted by Gasteiger charge is -2.44. The molecule has 1 saturated heterocycles. The zero-order valence-corrected chi connectivity index (χ0v) is 20.5. The van der Waals surface area contributed by atoms with Gasteiger partial charge in [-0.2, -0.15) is 0 Å². The molecule has 1 fully saturated rings. The Morgan fingerprint density at radius 2 is 1.73 bits per heavy atom. The van der Waals surface area contributed by atoms with Crippen LogP contribution in [0.5, 0.6) is 5.75 Å². The monoisotopic (exact) mass is 463 g/mol. The van der Waals surface area contributed by atoms with E-state index in [-0.39, 0.29) is 6.10 Å². The van der Waals surface area contributed by atoms with Gasteiger partial charge in [0.05, 0.1) is 20.3 Å². The second-order valence-electron chi connectivity index (χ2n) is 8.71.